The van der Waals surface area contributed by atoms with Crippen molar-refractivity contribution in [2.75, 3.05) is 0 Å². The van der Waals surface area contributed by atoms with Crippen LogP contribution in [-0.4, -0.2) is 9.97 Å². The topological polar surface area (TPSA) is 25.8 Å². The molecule has 0 spiro atoms. The second kappa shape index (κ2) is 12.6. The van der Waals surface area contributed by atoms with Gasteiger partial charge < -0.3 is 24.8 Å². The maximum Gasteiger partial charge on any atom is 2.00 e. The monoisotopic (exact) mass is 477 g/mol. The molecular formula is C14H16Cl2N2Pt. The van der Waals surface area contributed by atoms with Crippen molar-refractivity contribution in [3.63, 3.8) is 0 Å². The summed E-state index contributed by atoms with van der Waals surface area (Å²) in [5.74, 6) is 0. The molecule has 2 aromatic rings. The van der Waals surface area contributed by atoms with Gasteiger partial charge in [0.1, 0.15) is 0 Å². The molecule has 5 heteroatoms. The van der Waals surface area contributed by atoms with Crippen LogP contribution in [0.4, 0.5) is 0 Å². The quantitative estimate of drug-likeness (QED) is 0.430. The predicted molar refractivity (Wildman–Crippen MR) is 65.1 cm³/mol. The molecule has 0 aliphatic rings. The van der Waals surface area contributed by atoms with E-state index >= 15 is 0 Å². The van der Waals surface area contributed by atoms with Crippen molar-refractivity contribution in [3.8, 4) is 0 Å². The summed E-state index contributed by atoms with van der Waals surface area (Å²) in [5, 5.41) is 0. The Morgan fingerprint density at radius 2 is 1.11 bits per heavy atom. The molecule has 2 aromatic heterocycles. The third-order valence-electron chi connectivity index (χ3n) is 2.57. The minimum Gasteiger partial charge on any atom is -1.00 e. The van der Waals surface area contributed by atoms with E-state index in [1.165, 1.54) is 24.2 Å². The first-order valence-corrected chi connectivity index (χ1v) is 5.75. The molecule has 0 atom stereocenters. The second-order valence-corrected chi connectivity index (χ2v) is 3.85. The Balaban J connectivity index is 0. The number of halogens is 2. The van der Waals surface area contributed by atoms with E-state index in [1.54, 1.807) is 0 Å². The SMILES string of the molecule is [Cl-].[Cl-].[Pt+2].c1ccc(CCCCc2ccccn2)nc1. The smallest absolute Gasteiger partial charge is 1.00 e. The van der Waals surface area contributed by atoms with Gasteiger partial charge in [0.2, 0.25) is 0 Å². The molecule has 2 heterocycles. The molecule has 2 rings (SSSR count). The Kier molecular flexibility index (Phi) is 13.8. The predicted octanol–water partition coefficient (Wildman–Crippen LogP) is -2.95. The largest absolute Gasteiger partial charge is 2.00 e. The third kappa shape index (κ3) is 8.36. The Bertz CT molecular complexity index is 371. The molecule has 0 aliphatic heterocycles. The van der Waals surface area contributed by atoms with Crippen LogP contribution in [0.25, 0.3) is 0 Å². The van der Waals surface area contributed by atoms with E-state index in [-0.39, 0.29) is 45.9 Å². The fourth-order valence-corrected chi connectivity index (χ4v) is 1.70. The van der Waals surface area contributed by atoms with E-state index in [0.717, 1.165) is 12.8 Å². The second-order valence-electron chi connectivity index (χ2n) is 3.85. The number of rotatable bonds is 5. The van der Waals surface area contributed by atoms with Crippen LogP contribution in [-0.2, 0) is 33.9 Å². The minimum atomic E-state index is 0. The van der Waals surface area contributed by atoms with Crippen LogP contribution < -0.4 is 24.8 Å². The van der Waals surface area contributed by atoms with E-state index in [1.807, 2.05) is 36.7 Å². The average Bonchev–Trinajstić information content (AvgIpc) is 2.37. The van der Waals surface area contributed by atoms with Gasteiger partial charge in [-0.3, -0.25) is 9.97 Å². The zero-order valence-electron chi connectivity index (χ0n) is 10.4. The first kappa shape index (κ1) is 20.9. The molecule has 0 saturated heterocycles. The van der Waals surface area contributed by atoms with Crippen LogP contribution in [0.3, 0.4) is 0 Å². The summed E-state index contributed by atoms with van der Waals surface area (Å²) < 4.78 is 0. The van der Waals surface area contributed by atoms with E-state index in [4.69, 9.17) is 0 Å². The van der Waals surface area contributed by atoms with Crippen molar-refractivity contribution in [2.45, 2.75) is 25.7 Å². The molecule has 0 fully saturated rings. The van der Waals surface area contributed by atoms with Gasteiger partial charge in [0, 0.05) is 23.8 Å². The van der Waals surface area contributed by atoms with Gasteiger partial charge in [-0.1, -0.05) is 12.1 Å². The average molecular weight is 478 g/mol. The van der Waals surface area contributed by atoms with Gasteiger partial charge in [-0.05, 0) is 49.9 Å². The molecule has 2 nitrogen and oxygen atoms in total. The first-order valence-electron chi connectivity index (χ1n) is 5.75. The number of pyridine rings is 2. The normalized spacial score (nSPS) is 8.63. The maximum atomic E-state index is 4.31. The van der Waals surface area contributed by atoms with Crippen molar-refractivity contribution in [2.24, 2.45) is 0 Å². The first-order chi connectivity index (χ1) is 7.95. The molecule has 0 saturated carbocycles. The summed E-state index contributed by atoms with van der Waals surface area (Å²) in [6.07, 6.45) is 8.19. The fourth-order valence-electron chi connectivity index (χ4n) is 1.70. The van der Waals surface area contributed by atoms with Crippen molar-refractivity contribution in [1.82, 2.24) is 9.97 Å². The summed E-state index contributed by atoms with van der Waals surface area (Å²) in [6, 6.07) is 12.2. The number of hydrogen-bond donors (Lipinski definition) is 0. The van der Waals surface area contributed by atoms with E-state index in [2.05, 4.69) is 22.1 Å². The molecule has 0 aliphatic carbocycles. The summed E-state index contributed by atoms with van der Waals surface area (Å²) in [4.78, 5) is 8.62. The number of aryl methyl sites for hydroxylation is 2. The Labute approximate surface area is 141 Å². The minimum absolute atomic E-state index is 0. The number of hydrogen-bond acceptors (Lipinski definition) is 2. The molecule has 0 unspecified atom stereocenters. The zero-order chi connectivity index (χ0) is 11.1. The van der Waals surface area contributed by atoms with Crippen molar-refractivity contribution in [3.05, 3.63) is 60.2 Å². The number of nitrogens with zero attached hydrogens (tertiary/aromatic N) is 2. The number of unbranched alkanes of at least 4 members (excludes halogenated alkanes) is 1. The van der Waals surface area contributed by atoms with Crippen LogP contribution in [0, 0.1) is 0 Å². The van der Waals surface area contributed by atoms with Gasteiger partial charge in [-0.25, -0.2) is 0 Å². The van der Waals surface area contributed by atoms with Crippen LogP contribution >= 0.6 is 0 Å². The summed E-state index contributed by atoms with van der Waals surface area (Å²) in [5.41, 5.74) is 2.37. The fraction of sp³-hybridized carbons (Fsp3) is 0.286. The van der Waals surface area contributed by atoms with Crippen LogP contribution in [0.5, 0.6) is 0 Å². The molecule has 0 bridgehead atoms. The Morgan fingerprint density at radius 3 is 1.42 bits per heavy atom. The summed E-state index contributed by atoms with van der Waals surface area (Å²) in [7, 11) is 0. The molecule has 0 amide bonds. The van der Waals surface area contributed by atoms with E-state index in [9.17, 15) is 0 Å². The maximum absolute atomic E-state index is 4.31. The van der Waals surface area contributed by atoms with Gasteiger partial charge in [-0.15, -0.1) is 0 Å². The molecule has 106 valence electrons. The summed E-state index contributed by atoms with van der Waals surface area (Å²) in [6.45, 7) is 0. The van der Waals surface area contributed by atoms with Crippen molar-refractivity contribution in [1.29, 1.82) is 0 Å². The summed E-state index contributed by atoms with van der Waals surface area (Å²) >= 11 is 0. The molecule has 19 heavy (non-hydrogen) atoms. The van der Waals surface area contributed by atoms with Crippen molar-refractivity contribution >= 4 is 0 Å². The third-order valence-corrected chi connectivity index (χ3v) is 2.57. The molecule has 0 aromatic carbocycles. The molecule has 0 radical (unpaired) electrons. The molecule has 0 N–H and O–H groups in total. The molecular weight excluding hydrogens is 462 g/mol. The van der Waals surface area contributed by atoms with Crippen LogP contribution in [0.2, 0.25) is 0 Å². The van der Waals surface area contributed by atoms with Crippen LogP contribution in [0.1, 0.15) is 24.2 Å². The van der Waals surface area contributed by atoms with Gasteiger partial charge in [0.15, 0.2) is 0 Å². The van der Waals surface area contributed by atoms with Crippen molar-refractivity contribution < 1.29 is 45.9 Å². The Hall–Kier alpha value is -0.432. The van der Waals surface area contributed by atoms with Gasteiger partial charge in [-0.2, -0.15) is 0 Å². The zero-order valence-corrected chi connectivity index (χ0v) is 14.2. The van der Waals surface area contributed by atoms with E-state index < -0.39 is 0 Å². The van der Waals surface area contributed by atoms with Gasteiger partial charge >= 0.3 is 21.1 Å². The Morgan fingerprint density at radius 1 is 0.684 bits per heavy atom. The van der Waals surface area contributed by atoms with Gasteiger partial charge in [0.05, 0.1) is 0 Å². The van der Waals surface area contributed by atoms with Crippen LogP contribution in [0.15, 0.2) is 48.8 Å². The standard InChI is InChI=1S/C14H16N2.2ClH.Pt/c1(7-13-9-3-5-11-15-13)2-8-14-10-4-6-12-16-14;;;/h3-6,9-12H,1-2,7-8H2;2*1H;/q;;;+2/p-2. The van der Waals surface area contributed by atoms with E-state index in [0.29, 0.717) is 0 Å². The van der Waals surface area contributed by atoms with Gasteiger partial charge in [0.25, 0.3) is 0 Å². The number of aromatic nitrogens is 2.